The smallest absolute Gasteiger partial charge is 0.242 e. The van der Waals surface area contributed by atoms with Gasteiger partial charge in [0.05, 0.1) is 5.69 Å². The van der Waals surface area contributed by atoms with E-state index in [1.807, 2.05) is 6.07 Å². The highest BCUT2D eigenvalue weighted by atomic mass is 32.2. The average Bonchev–Trinajstić information content (AvgIpc) is 2.59. The Kier molecular flexibility index (Phi) is 4.49. The first-order chi connectivity index (χ1) is 9.75. The number of hydrogen-bond donors (Lipinski definition) is 2. The number of sulfonamides is 1. The molecule has 1 aromatic carbocycles. The summed E-state index contributed by atoms with van der Waals surface area (Å²) in [5.74, 6) is 0. The van der Waals surface area contributed by atoms with Gasteiger partial charge in [-0.25, -0.2) is 13.1 Å². The van der Waals surface area contributed by atoms with E-state index in [1.54, 1.807) is 12.1 Å². The van der Waals surface area contributed by atoms with Crippen molar-refractivity contribution >= 4 is 21.4 Å². The first kappa shape index (κ1) is 16.1. The van der Waals surface area contributed by atoms with Crippen LogP contribution in [0.2, 0.25) is 0 Å². The second kappa shape index (κ2) is 5.85. The van der Waals surface area contributed by atoms with Gasteiger partial charge in [0, 0.05) is 18.8 Å². The van der Waals surface area contributed by atoms with Crippen LogP contribution in [0.3, 0.4) is 0 Å². The third kappa shape index (κ3) is 3.68. The van der Waals surface area contributed by atoms with Crippen molar-refractivity contribution in [2.75, 3.05) is 30.8 Å². The fourth-order valence-electron chi connectivity index (χ4n) is 2.77. The quantitative estimate of drug-likeness (QED) is 0.839. The van der Waals surface area contributed by atoms with Crippen molar-refractivity contribution in [3.8, 4) is 0 Å². The van der Waals surface area contributed by atoms with Crippen LogP contribution in [0, 0.1) is 5.41 Å². The molecular weight excluding hydrogens is 286 g/mol. The van der Waals surface area contributed by atoms with Gasteiger partial charge in [-0.2, -0.15) is 0 Å². The lowest BCUT2D eigenvalue weighted by Crippen LogP contribution is -2.25. The highest BCUT2D eigenvalue weighted by Crippen LogP contribution is 2.33. The maximum absolute atomic E-state index is 11.8. The normalized spacial score (nSPS) is 19.3. The molecule has 2 rings (SSSR count). The number of nitrogen functional groups attached to an aromatic ring is 1. The van der Waals surface area contributed by atoms with E-state index in [4.69, 9.17) is 5.73 Å². The van der Waals surface area contributed by atoms with Crippen molar-refractivity contribution in [1.29, 1.82) is 0 Å². The Morgan fingerprint density at radius 1 is 1.24 bits per heavy atom. The SMILES string of the molecule is CNS(=O)(=O)c1ccc(N2CCCC(C)(C)CC2)cc1N. The van der Waals surface area contributed by atoms with Gasteiger partial charge >= 0.3 is 0 Å². The number of rotatable bonds is 3. The Morgan fingerprint density at radius 2 is 1.95 bits per heavy atom. The molecule has 21 heavy (non-hydrogen) atoms. The van der Waals surface area contributed by atoms with Gasteiger partial charge in [0.25, 0.3) is 0 Å². The summed E-state index contributed by atoms with van der Waals surface area (Å²) in [4.78, 5) is 2.44. The molecule has 0 aromatic heterocycles. The molecule has 0 amide bonds. The maximum Gasteiger partial charge on any atom is 0.242 e. The summed E-state index contributed by atoms with van der Waals surface area (Å²) in [6, 6.07) is 5.20. The number of nitrogens with zero attached hydrogens (tertiary/aromatic N) is 1. The predicted molar refractivity (Wildman–Crippen MR) is 86.9 cm³/mol. The van der Waals surface area contributed by atoms with E-state index in [1.165, 1.54) is 13.5 Å². The second-order valence-electron chi connectivity index (χ2n) is 6.43. The third-order valence-corrected chi connectivity index (χ3v) is 5.75. The van der Waals surface area contributed by atoms with E-state index in [0.29, 0.717) is 11.1 Å². The van der Waals surface area contributed by atoms with Crippen LogP contribution in [0.4, 0.5) is 11.4 Å². The van der Waals surface area contributed by atoms with Crippen molar-refractivity contribution in [2.45, 2.75) is 38.0 Å². The van der Waals surface area contributed by atoms with E-state index in [0.717, 1.165) is 31.6 Å². The van der Waals surface area contributed by atoms with Crippen molar-refractivity contribution < 1.29 is 8.42 Å². The Labute approximate surface area is 127 Å². The summed E-state index contributed by atoms with van der Waals surface area (Å²) in [6.45, 7) is 6.56. The lowest BCUT2D eigenvalue weighted by atomic mass is 9.85. The third-order valence-electron chi connectivity index (χ3n) is 4.26. The van der Waals surface area contributed by atoms with Gasteiger partial charge in [-0.15, -0.1) is 0 Å². The number of hydrogen-bond acceptors (Lipinski definition) is 4. The molecule has 0 spiro atoms. The Morgan fingerprint density at radius 3 is 2.57 bits per heavy atom. The molecule has 118 valence electrons. The summed E-state index contributed by atoms with van der Waals surface area (Å²) < 4.78 is 26.0. The minimum absolute atomic E-state index is 0.143. The minimum Gasteiger partial charge on any atom is -0.398 e. The largest absolute Gasteiger partial charge is 0.398 e. The molecule has 1 fully saturated rings. The molecule has 1 saturated heterocycles. The zero-order chi connectivity index (χ0) is 15.7. The minimum atomic E-state index is -3.50. The maximum atomic E-state index is 11.8. The Bertz CT molecular complexity index is 611. The van der Waals surface area contributed by atoms with E-state index in [9.17, 15) is 8.42 Å². The molecule has 0 atom stereocenters. The average molecular weight is 311 g/mol. The zero-order valence-electron chi connectivity index (χ0n) is 13.0. The number of anilines is 2. The summed E-state index contributed by atoms with van der Waals surface area (Å²) in [6.07, 6.45) is 3.48. The topological polar surface area (TPSA) is 75.4 Å². The first-order valence-electron chi connectivity index (χ1n) is 7.33. The van der Waals surface area contributed by atoms with Crippen molar-refractivity contribution in [2.24, 2.45) is 5.41 Å². The monoisotopic (exact) mass is 311 g/mol. The molecule has 0 unspecified atom stereocenters. The lowest BCUT2D eigenvalue weighted by molar-refractivity contribution is 0.325. The second-order valence-corrected chi connectivity index (χ2v) is 8.29. The van der Waals surface area contributed by atoms with Crippen molar-refractivity contribution in [1.82, 2.24) is 4.72 Å². The summed E-state index contributed by atoms with van der Waals surface area (Å²) in [5, 5.41) is 0. The van der Waals surface area contributed by atoms with Gasteiger partial charge in [-0.1, -0.05) is 13.8 Å². The van der Waals surface area contributed by atoms with Crippen LogP contribution in [0.1, 0.15) is 33.1 Å². The predicted octanol–water partition coefficient (Wildman–Crippen LogP) is 2.19. The molecule has 5 nitrogen and oxygen atoms in total. The van der Waals surface area contributed by atoms with Gasteiger partial charge in [0.1, 0.15) is 4.90 Å². The fraction of sp³-hybridized carbons (Fsp3) is 0.600. The first-order valence-corrected chi connectivity index (χ1v) is 8.81. The molecular formula is C15H25N3O2S. The van der Waals surface area contributed by atoms with Crippen LogP contribution in [-0.4, -0.2) is 28.6 Å². The van der Waals surface area contributed by atoms with E-state index >= 15 is 0 Å². The van der Waals surface area contributed by atoms with Gasteiger partial charge in [-0.05, 0) is 49.9 Å². The Hall–Kier alpha value is -1.27. The van der Waals surface area contributed by atoms with Crippen molar-refractivity contribution in [3.63, 3.8) is 0 Å². The standard InChI is InChI=1S/C15H25N3O2S/c1-15(2)7-4-9-18(10-8-15)12-5-6-14(13(16)11-12)21(19,20)17-3/h5-6,11,17H,4,7-10,16H2,1-3H3. The number of nitrogens with two attached hydrogens (primary N) is 1. The summed E-state index contributed by atoms with van der Waals surface area (Å²) in [5.41, 5.74) is 7.60. The molecule has 0 saturated carbocycles. The Balaban J connectivity index is 2.24. The molecule has 1 aromatic rings. The van der Waals surface area contributed by atoms with Crippen molar-refractivity contribution in [3.05, 3.63) is 18.2 Å². The highest BCUT2D eigenvalue weighted by molar-refractivity contribution is 7.89. The molecule has 1 aliphatic rings. The summed E-state index contributed by atoms with van der Waals surface area (Å²) >= 11 is 0. The zero-order valence-corrected chi connectivity index (χ0v) is 13.8. The highest BCUT2D eigenvalue weighted by Gasteiger charge is 2.24. The van der Waals surface area contributed by atoms with Crippen LogP contribution < -0.4 is 15.4 Å². The fourth-order valence-corrected chi connectivity index (χ4v) is 3.60. The molecule has 1 aliphatic heterocycles. The lowest BCUT2D eigenvalue weighted by Gasteiger charge is -2.25. The van der Waals surface area contributed by atoms with Gasteiger partial charge < -0.3 is 10.6 Å². The van der Waals surface area contributed by atoms with E-state index in [-0.39, 0.29) is 4.90 Å². The van der Waals surface area contributed by atoms with Crippen LogP contribution >= 0.6 is 0 Å². The molecule has 1 heterocycles. The van der Waals surface area contributed by atoms with Crippen LogP contribution in [0.15, 0.2) is 23.1 Å². The van der Waals surface area contributed by atoms with Gasteiger partial charge in [0.15, 0.2) is 0 Å². The van der Waals surface area contributed by atoms with E-state index < -0.39 is 10.0 Å². The molecule has 6 heteroatoms. The molecule has 0 radical (unpaired) electrons. The van der Waals surface area contributed by atoms with Gasteiger partial charge in [-0.3, -0.25) is 0 Å². The number of benzene rings is 1. The van der Waals surface area contributed by atoms with Gasteiger partial charge in [0.2, 0.25) is 10.0 Å². The summed E-state index contributed by atoms with van der Waals surface area (Å²) in [7, 11) is -2.11. The molecule has 3 N–H and O–H groups in total. The number of nitrogens with one attached hydrogen (secondary N) is 1. The molecule has 0 aliphatic carbocycles. The molecule has 0 bridgehead atoms. The van der Waals surface area contributed by atoms with Crippen LogP contribution in [-0.2, 0) is 10.0 Å². The van der Waals surface area contributed by atoms with E-state index in [2.05, 4.69) is 23.5 Å². The van der Waals surface area contributed by atoms with Crippen LogP contribution in [0.25, 0.3) is 0 Å². The van der Waals surface area contributed by atoms with Crippen LogP contribution in [0.5, 0.6) is 0 Å².